The number of benzene rings is 1. The monoisotopic (exact) mass is 360 g/mol. The molecule has 1 heterocycles. The lowest BCUT2D eigenvalue weighted by Crippen LogP contribution is -2.33. The van der Waals surface area contributed by atoms with Crippen LogP contribution in [0, 0.1) is 5.92 Å². The maximum absolute atomic E-state index is 12.5. The van der Waals surface area contributed by atoms with Gasteiger partial charge in [-0.15, -0.1) is 0 Å². The summed E-state index contributed by atoms with van der Waals surface area (Å²) in [5, 5.41) is 9.25. The van der Waals surface area contributed by atoms with Crippen molar-refractivity contribution in [2.45, 2.75) is 19.6 Å². The fourth-order valence-electron chi connectivity index (χ4n) is 2.01. The van der Waals surface area contributed by atoms with Gasteiger partial charge in [0, 0.05) is 30.0 Å². The van der Waals surface area contributed by atoms with Gasteiger partial charge in [-0.05, 0) is 30.2 Å². The van der Waals surface area contributed by atoms with Crippen LogP contribution in [0.1, 0.15) is 12.6 Å². The Morgan fingerprint density at radius 3 is 2.75 bits per heavy atom. The number of anilines is 1. The second-order valence-corrected chi connectivity index (χ2v) is 5.81. The molecule has 24 heavy (non-hydrogen) atoms. The van der Waals surface area contributed by atoms with Crippen LogP contribution < -0.4 is 10.6 Å². The third-order valence-electron chi connectivity index (χ3n) is 3.12. The Labute approximate surface area is 141 Å². The summed E-state index contributed by atoms with van der Waals surface area (Å²) in [6.07, 6.45) is -3.19. The van der Waals surface area contributed by atoms with Crippen molar-refractivity contribution in [3.63, 3.8) is 0 Å². The topological polar surface area (TPSA) is 59.0 Å². The number of aromatic nitrogens is 2. The van der Waals surface area contributed by atoms with Gasteiger partial charge in [0.05, 0.1) is 0 Å². The molecule has 0 aliphatic carbocycles. The number of nitrogens with one attached hydrogen (secondary N) is 2. The van der Waals surface area contributed by atoms with Crippen molar-refractivity contribution in [3.05, 3.63) is 47.2 Å². The van der Waals surface area contributed by atoms with Crippen molar-refractivity contribution >= 4 is 23.3 Å². The van der Waals surface area contributed by atoms with E-state index in [9.17, 15) is 18.0 Å². The molecule has 0 radical (unpaired) electrons. The number of rotatable bonds is 5. The molecule has 1 atom stereocenters. The number of carbonyl (C=O) groups is 1. The third-order valence-corrected chi connectivity index (χ3v) is 3.36. The minimum absolute atomic E-state index is 0.101. The SMILES string of the molecule is C[C@@H](CNC(=O)Nc1cccc(Cl)c1)Cn1ccc(C(F)(F)F)n1. The molecule has 0 aliphatic rings. The summed E-state index contributed by atoms with van der Waals surface area (Å²) in [6, 6.07) is 7.19. The predicted octanol–water partition coefficient (Wildman–Crippen LogP) is 4.01. The zero-order chi connectivity index (χ0) is 17.7. The van der Waals surface area contributed by atoms with Crippen LogP contribution in [-0.4, -0.2) is 22.4 Å². The summed E-state index contributed by atoms with van der Waals surface area (Å²) in [6.45, 7) is 2.34. The van der Waals surface area contributed by atoms with Crippen LogP contribution in [0.2, 0.25) is 5.02 Å². The van der Waals surface area contributed by atoms with E-state index < -0.39 is 17.9 Å². The number of urea groups is 1. The molecule has 9 heteroatoms. The number of carbonyl (C=O) groups excluding carboxylic acids is 1. The van der Waals surface area contributed by atoms with Crippen LogP contribution in [0.15, 0.2) is 36.5 Å². The summed E-state index contributed by atoms with van der Waals surface area (Å²) < 4.78 is 38.6. The molecule has 130 valence electrons. The Morgan fingerprint density at radius 2 is 2.12 bits per heavy atom. The van der Waals surface area contributed by atoms with Crippen molar-refractivity contribution < 1.29 is 18.0 Å². The molecule has 2 aromatic rings. The molecule has 0 bridgehead atoms. The Balaban J connectivity index is 1.79. The molecular formula is C15H16ClF3N4O. The van der Waals surface area contributed by atoms with Crippen LogP contribution in [0.5, 0.6) is 0 Å². The van der Waals surface area contributed by atoms with Gasteiger partial charge in [-0.25, -0.2) is 4.79 Å². The molecule has 2 amide bonds. The number of alkyl halides is 3. The first kappa shape index (κ1) is 18.1. The lowest BCUT2D eigenvalue weighted by Gasteiger charge is -2.13. The van der Waals surface area contributed by atoms with Crippen molar-refractivity contribution in [2.75, 3.05) is 11.9 Å². The van der Waals surface area contributed by atoms with Crippen molar-refractivity contribution in [3.8, 4) is 0 Å². The van der Waals surface area contributed by atoms with E-state index >= 15 is 0 Å². The largest absolute Gasteiger partial charge is 0.435 e. The summed E-state index contributed by atoms with van der Waals surface area (Å²) in [4.78, 5) is 11.8. The highest BCUT2D eigenvalue weighted by atomic mass is 35.5. The fraction of sp³-hybridized carbons (Fsp3) is 0.333. The molecule has 2 rings (SSSR count). The van der Waals surface area contributed by atoms with E-state index in [0.29, 0.717) is 10.7 Å². The Hall–Kier alpha value is -2.22. The Bertz CT molecular complexity index is 702. The van der Waals surface area contributed by atoms with Crippen LogP contribution >= 0.6 is 11.6 Å². The third kappa shape index (κ3) is 5.45. The first-order valence-electron chi connectivity index (χ1n) is 7.15. The maximum Gasteiger partial charge on any atom is 0.435 e. The highest BCUT2D eigenvalue weighted by Gasteiger charge is 2.33. The summed E-state index contributed by atoms with van der Waals surface area (Å²) in [7, 11) is 0. The van der Waals surface area contributed by atoms with Crippen molar-refractivity contribution in [1.29, 1.82) is 0 Å². The fourth-order valence-corrected chi connectivity index (χ4v) is 2.20. The second-order valence-electron chi connectivity index (χ2n) is 5.37. The van der Waals surface area contributed by atoms with E-state index in [4.69, 9.17) is 11.6 Å². The zero-order valence-electron chi connectivity index (χ0n) is 12.8. The number of amides is 2. The van der Waals surface area contributed by atoms with E-state index in [0.717, 1.165) is 6.07 Å². The highest BCUT2D eigenvalue weighted by molar-refractivity contribution is 6.30. The van der Waals surface area contributed by atoms with Gasteiger partial charge >= 0.3 is 12.2 Å². The molecule has 0 spiro atoms. The van der Waals surface area contributed by atoms with Crippen LogP contribution in [0.25, 0.3) is 0 Å². The number of hydrogen-bond donors (Lipinski definition) is 2. The highest BCUT2D eigenvalue weighted by Crippen LogP contribution is 2.27. The van der Waals surface area contributed by atoms with Crippen LogP contribution in [0.3, 0.4) is 0 Å². The average Bonchev–Trinajstić information content (AvgIpc) is 2.94. The lowest BCUT2D eigenvalue weighted by atomic mass is 10.2. The van der Waals surface area contributed by atoms with Gasteiger partial charge in [-0.1, -0.05) is 24.6 Å². The maximum atomic E-state index is 12.5. The van der Waals surface area contributed by atoms with E-state index in [1.807, 2.05) is 0 Å². The van der Waals surface area contributed by atoms with Gasteiger partial charge in [0.25, 0.3) is 0 Å². The number of hydrogen-bond acceptors (Lipinski definition) is 2. The zero-order valence-corrected chi connectivity index (χ0v) is 13.5. The first-order chi connectivity index (χ1) is 11.2. The van der Waals surface area contributed by atoms with E-state index in [-0.39, 0.29) is 19.0 Å². The van der Waals surface area contributed by atoms with Gasteiger partial charge in [0.2, 0.25) is 0 Å². The quantitative estimate of drug-likeness (QED) is 0.846. The van der Waals surface area contributed by atoms with E-state index in [1.165, 1.54) is 10.9 Å². The van der Waals surface area contributed by atoms with Gasteiger partial charge in [-0.2, -0.15) is 18.3 Å². The smallest absolute Gasteiger partial charge is 0.338 e. The van der Waals surface area contributed by atoms with Gasteiger partial charge in [-0.3, -0.25) is 4.68 Å². The molecule has 0 saturated heterocycles. The number of halogens is 4. The second kappa shape index (κ2) is 7.57. The molecule has 5 nitrogen and oxygen atoms in total. The van der Waals surface area contributed by atoms with Gasteiger partial charge in [0.15, 0.2) is 5.69 Å². The minimum atomic E-state index is -4.45. The van der Waals surface area contributed by atoms with Crippen molar-refractivity contribution in [2.24, 2.45) is 5.92 Å². The van der Waals surface area contributed by atoms with Gasteiger partial charge < -0.3 is 10.6 Å². The van der Waals surface area contributed by atoms with Crippen molar-refractivity contribution in [1.82, 2.24) is 15.1 Å². The summed E-state index contributed by atoms with van der Waals surface area (Å²) in [5.41, 5.74) is -0.379. The van der Waals surface area contributed by atoms with E-state index in [1.54, 1.807) is 31.2 Å². The van der Waals surface area contributed by atoms with Crippen LogP contribution in [-0.2, 0) is 12.7 Å². The molecular weight excluding hydrogens is 345 g/mol. The van der Waals surface area contributed by atoms with Crippen LogP contribution in [0.4, 0.5) is 23.7 Å². The molecule has 1 aromatic heterocycles. The Kier molecular flexibility index (Phi) is 5.71. The summed E-state index contributed by atoms with van der Waals surface area (Å²) >= 11 is 5.82. The normalized spacial score (nSPS) is 12.7. The Morgan fingerprint density at radius 1 is 1.38 bits per heavy atom. The molecule has 0 aliphatic heterocycles. The van der Waals surface area contributed by atoms with E-state index in [2.05, 4.69) is 15.7 Å². The average molecular weight is 361 g/mol. The molecule has 0 unspecified atom stereocenters. The number of nitrogens with zero attached hydrogens (tertiary/aromatic N) is 2. The first-order valence-corrected chi connectivity index (χ1v) is 7.53. The molecule has 2 N–H and O–H groups in total. The lowest BCUT2D eigenvalue weighted by molar-refractivity contribution is -0.141. The molecule has 0 fully saturated rings. The predicted molar refractivity (Wildman–Crippen MR) is 84.9 cm³/mol. The molecule has 0 saturated carbocycles. The van der Waals surface area contributed by atoms with Gasteiger partial charge in [0.1, 0.15) is 0 Å². The standard InChI is InChI=1S/C15H16ClF3N4O/c1-10(9-23-6-5-13(22-23)15(17,18)19)8-20-14(24)21-12-4-2-3-11(16)7-12/h2-7,10H,8-9H2,1H3,(H2,20,21,24)/t10-/m0/s1. The molecule has 1 aromatic carbocycles. The minimum Gasteiger partial charge on any atom is -0.338 e. The summed E-state index contributed by atoms with van der Waals surface area (Å²) in [5.74, 6) is -0.101.